The molecule has 1 rings (SSSR count). The van der Waals surface area contributed by atoms with Gasteiger partial charge in [0.05, 0.1) is 0 Å². The Labute approximate surface area is 114 Å². The zero-order valence-electron chi connectivity index (χ0n) is 13.1. The van der Waals surface area contributed by atoms with Gasteiger partial charge >= 0.3 is 0 Å². The van der Waals surface area contributed by atoms with Crippen molar-refractivity contribution < 1.29 is 0 Å². The molecule has 1 saturated heterocycles. The maximum absolute atomic E-state index is 3.49. The summed E-state index contributed by atoms with van der Waals surface area (Å²) in [5.74, 6) is 0. The quantitative estimate of drug-likeness (QED) is 0.704. The molecule has 0 aliphatic carbocycles. The van der Waals surface area contributed by atoms with Crippen LogP contribution in [0.2, 0.25) is 0 Å². The Morgan fingerprint density at radius 1 is 1.17 bits per heavy atom. The van der Waals surface area contributed by atoms with Crippen molar-refractivity contribution in [1.29, 1.82) is 0 Å². The van der Waals surface area contributed by atoms with E-state index in [1.807, 2.05) is 0 Å². The van der Waals surface area contributed by atoms with E-state index < -0.39 is 0 Å². The molecule has 0 aromatic heterocycles. The van der Waals surface area contributed by atoms with Gasteiger partial charge in [0.25, 0.3) is 0 Å². The van der Waals surface area contributed by atoms with E-state index in [0.717, 1.165) is 12.6 Å². The third kappa shape index (κ3) is 4.87. The molecule has 3 nitrogen and oxygen atoms in total. The second-order valence-electron chi connectivity index (χ2n) is 6.06. The molecule has 108 valence electrons. The van der Waals surface area contributed by atoms with Crippen molar-refractivity contribution in [2.24, 2.45) is 0 Å². The second kappa shape index (κ2) is 8.13. The summed E-state index contributed by atoms with van der Waals surface area (Å²) in [7, 11) is 2.26. The zero-order valence-corrected chi connectivity index (χ0v) is 13.1. The van der Waals surface area contributed by atoms with E-state index >= 15 is 0 Å². The number of nitrogens with zero attached hydrogens (tertiary/aromatic N) is 2. The minimum absolute atomic E-state index is 0.689. The van der Waals surface area contributed by atoms with Crippen LogP contribution in [0.3, 0.4) is 0 Å². The fourth-order valence-electron chi connectivity index (χ4n) is 2.81. The van der Waals surface area contributed by atoms with Crippen LogP contribution in [0.25, 0.3) is 0 Å². The Hall–Kier alpha value is -0.120. The smallest absolute Gasteiger partial charge is 0.0195 e. The Morgan fingerprint density at radius 3 is 2.33 bits per heavy atom. The number of rotatable bonds is 7. The van der Waals surface area contributed by atoms with E-state index in [9.17, 15) is 0 Å². The third-order valence-electron chi connectivity index (χ3n) is 4.41. The zero-order chi connectivity index (χ0) is 13.5. The van der Waals surface area contributed by atoms with Crippen LogP contribution in [-0.2, 0) is 0 Å². The highest BCUT2D eigenvalue weighted by Gasteiger charge is 2.28. The van der Waals surface area contributed by atoms with E-state index in [-0.39, 0.29) is 0 Å². The van der Waals surface area contributed by atoms with Crippen LogP contribution >= 0.6 is 0 Å². The Morgan fingerprint density at radius 2 is 1.78 bits per heavy atom. The summed E-state index contributed by atoms with van der Waals surface area (Å²) in [6.07, 6.45) is 3.86. The normalized spacial score (nSPS) is 28.5. The van der Waals surface area contributed by atoms with Crippen LogP contribution in [0.4, 0.5) is 0 Å². The van der Waals surface area contributed by atoms with Gasteiger partial charge in [0.1, 0.15) is 0 Å². The molecule has 1 aliphatic heterocycles. The Bertz CT molecular complexity index is 208. The molecule has 1 N–H and O–H groups in total. The number of hydrogen-bond donors (Lipinski definition) is 1. The summed E-state index contributed by atoms with van der Waals surface area (Å²) in [6, 6.07) is 2.11. The van der Waals surface area contributed by atoms with Gasteiger partial charge in [-0.2, -0.15) is 0 Å². The van der Waals surface area contributed by atoms with Gasteiger partial charge < -0.3 is 5.32 Å². The molecule has 18 heavy (non-hydrogen) atoms. The minimum Gasteiger partial charge on any atom is -0.317 e. The number of nitrogens with one attached hydrogen (secondary N) is 1. The summed E-state index contributed by atoms with van der Waals surface area (Å²) in [5, 5.41) is 3.49. The molecule has 3 atom stereocenters. The first-order chi connectivity index (χ1) is 8.56. The molecule has 0 spiro atoms. The third-order valence-corrected chi connectivity index (χ3v) is 4.41. The molecule has 0 amide bonds. The monoisotopic (exact) mass is 255 g/mol. The summed E-state index contributed by atoms with van der Waals surface area (Å²) in [5.41, 5.74) is 0. The van der Waals surface area contributed by atoms with Crippen LogP contribution in [0.1, 0.15) is 47.0 Å². The average Bonchev–Trinajstić information content (AvgIpc) is 2.34. The van der Waals surface area contributed by atoms with Crippen LogP contribution < -0.4 is 5.32 Å². The summed E-state index contributed by atoms with van der Waals surface area (Å²) < 4.78 is 0. The van der Waals surface area contributed by atoms with E-state index in [1.165, 1.54) is 38.9 Å². The lowest BCUT2D eigenvalue weighted by atomic mass is 10.0. The van der Waals surface area contributed by atoms with Crippen LogP contribution in [0, 0.1) is 0 Å². The van der Waals surface area contributed by atoms with Gasteiger partial charge in [-0.3, -0.25) is 9.80 Å². The largest absolute Gasteiger partial charge is 0.317 e. The molecule has 0 bridgehead atoms. The van der Waals surface area contributed by atoms with Crippen molar-refractivity contribution in [3.05, 3.63) is 0 Å². The summed E-state index contributed by atoms with van der Waals surface area (Å²) in [4.78, 5) is 5.18. The van der Waals surface area contributed by atoms with Gasteiger partial charge in [-0.25, -0.2) is 0 Å². The molecule has 0 radical (unpaired) electrons. The van der Waals surface area contributed by atoms with Crippen LogP contribution in [-0.4, -0.2) is 61.2 Å². The first-order valence-electron chi connectivity index (χ1n) is 7.73. The molecule has 0 saturated carbocycles. The van der Waals surface area contributed by atoms with Gasteiger partial charge in [0.2, 0.25) is 0 Å². The summed E-state index contributed by atoms with van der Waals surface area (Å²) in [6.45, 7) is 14.1. The van der Waals surface area contributed by atoms with Crippen molar-refractivity contribution in [2.75, 3.05) is 33.2 Å². The number of piperazine rings is 1. The topological polar surface area (TPSA) is 18.5 Å². The van der Waals surface area contributed by atoms with Crippen LogP contribution in [0.15, 0.2) is 0 Å². The van der Waals surface area contributed by atoms with Gasteiger partial charge in [-0.15, -0.1) is 0 Å². The lowest BCUT2D eigenvalue weighted by Gasteiger charge is -2.45. The molecule has 0 aromatic carbocycles. The SMILES string of the molecule is CCCNCCCC(C)N1CC(C)N(C)C(C)C1. The first-order valence-corrected chi connectivity index (χ1v) is 7.73. The van der Waals surface area contributed by atoms with Crippen molar-refractivity contribution in [3.8, 4) is 0 Å². The molecule has 1 heterocycles. The van der Waals surface area contributed by atoms with Crippen molar-refractivity contribution in [1.82, 2.24) is 15.1 Å². The van der Waals surface area contributed by atoms with Crippen molar-refractivity contribution >= 4 is 0 Å². The van der Waals surface area contributed by atoms with Gasteiger partial charge in [0.15, 0.2) is 0 Å². The molecule has 0 aromatic rings. The van der Waals surface area contributed by atoms with E-state index in [2.05, 4.69) is 49.9 Å². The highest BCUT2D eigenvalue weighted by atomic mass is 15.3. The minimum atomic E-state index is 0.689. The average molecular weight is 255 g/mol. The van der Waals surface area contributed by atoms with Gasteiger partial charge in [-0.05, 0) is 60.2 Å². The Balaban J connectivity index is 2.23. The van der Waals surface area contributed by atoms with E-state index in [0.29, 0.717) is 12.1 Å². The number of likely N-dealkylation sites (N-methyl/N-ethyl adjacent to an activating group) is 1. The molecular weight excluding hydrogens is 222 g/mol. The van der Waals surface area contributed by atoms with Gasteiger partial charge in [0, 0.05) is 31.2 Å². The number of hydrogen-bond acceptors (Lipinski definition) is 3. The molecule has 1 aliphatic rings. The molecule has 3 unspecified atom stereocenters. The maximum atomic E-state index is 3.49. The first kappa shape index (κ1) is 15.9. The molecule has 1 fully saturated rings. The molecule has 3 heteroatoms. The fourth-order valence-corrected chi connectivity index (χ4v) is 2.81. The van der Waals surface area contributed by atoms with E-state index in [1.54, 1.807) is 0 Å². The highest BCUT2D eigenvalue weighted by molar-refractivity contribution is 4.85. The lowest BCUT2D eigenvalue weighted by Crippen LogP contribution is -2.57. The Kier molecular flexibility index (Phi) is 7.20. The molecular formula is C15H33N3. The summed E-state index contributed by atoms with van der Waals surface area (Å²) >= 11 is 0. The van der Waals surface area contributed by atoms with E-state index in [4.69, 9.17) is 0 Å². The fraction of sp³-hybridized carbons (Fsp3) is 1.00. The lowest BCUT2D eigenvalue weighted by molar-refractivity contribution is 0.0355. The highest BCUT2D eigenvalue weighted by Crippen LogP contribution is 2.17. The van der Waals surface area contributed by atoms with Gasteiger partial charge in [-0.1, -0.05) is 6.92 Å². The van der Waals surface area contributed by atoms with Crippen LogP contribution in [0.5, 0.6) is 0 Å². The predicted molar refractivity (Wildman–Crippen MR) is 80.1 cm³/mol. The predicted octanol–water partition coefficient (Wildman–Crippen LogP) is 2.18. The maximum Gasteiger partial charge on any atom is 0.0195 e. The van der Waals surface area contributed by atoms with Crippen molar-refractivity contribution in [3.63, 3.8) is 0 Å². The standard InChI is InChI=1S/C15H33N3/c1-6-9-16-10-7-8-13(2)18-11-14(3)17(5)15(4)12-18/h13-16H,6-12H2,1-5H3. The second-order valence-corrected chi connectivity index (χ2v) is 6.06. The van der Waals surface area contributed by atoms with Crippen molar-refractivity contribution in [2.45, 2.75) is 65.1 Å².